The number of benzene rings is 1. The van der Waals surface area contributed by atoms with Gasteiger partial charge in [-0.15, -0.1) is 11.3 Å². The van der Waals surface area contributed by atoms with E-state index in [2.05, 4.69) is 48.8 Å². The minimum atomic E-state index is 0.143. The van der Waals surface area contributed by atoms with Crippen molar-refractivity contribution in [3.8, 4) is 0 Å². The third-order valence-electron chi connectivity index (χ3n) is 3.26. The van der Waals surface area contributed by atoms with Gasteiger partial charge in [0.25, 0.3) is 0 Å². The van der Waals surface area contributed by atoms with Gasteiger partial charge in [0.1, 0.15) is 5.01 Å². The summed E-state index contributed by atoms with van der Waals surface area (Å²) in [5, 5.41) is 6.64. The molecule has 0 aliphatic rings. The van der Waals surface area contributed by atoms with Crippen molar-refractivity contribution in [3.63, 3.8) is 0 Å². The van der Waals surface area contributed by atoms with Crippen LogP contribution in [0.1, 0.15) is 47.6 Å². The number of hydrogen-bond acceptors (Lipinski definition) is 4. The van der Waals surface area contributed by atoms with Crippen LogP contribution in [0.3, 0.4) is 0 Å². The first-order valence-electron chi connectivity index (χ1n) is 6.86. The summed E-state index contributed by atoms with van der Waals surface area (Å²) in [5.41, 5.74) is 3.58. The largest absolute Gasteiger partial charge is 0.380 e. The minimum absolute atomic E-state index is 0.143. The summed E-state index contributed by atoms with van der Waals surface area (Å²) < 4.78 is 5.20. The Morgan fingerprint density at radius 2 is 2.15 bits per heavy atom. The molecule has 0 radical (unpaired) electrons. The van der Waals surface area contributed by atoms with Crippen molar-refractivity contribution in [1.82, 2.24) is 10.3 Å². The predicted octanol–water partition coefficient (Wildman–Crippen LogP) is 3.72. The SMILES string of the molecule is CNC(c1cccc(COC)c1)c1nc(C(C)C)cs1. The molecule has 1 aromatic carbocycles. The zero-order chi connectivity index (χ0) is 14.5. The lowest BCUT2D eigenvalue weighted by atomic mass is 10.0. The van der Waals surface area contributed by atoms with Gasteiger partial charge in [-0.3, -0.25) is 0 Å². The van der Waals surface area contributed by atoms with Gasteiger partial charge in [-0.1, -0.05) is 38.1 Å². The molecule has 0 aliphatic heterocycles. The zero-order valence-electron chi connectivity index (χ0n) is 12.5. The second-order valence-electron chi connectivity index (χ2n) is 5.17. The highest BCUT2D eigenvalue weighted by Crippen LogP contribution is 2.27. The van der Waals surface area contributed by atoms with E-state index >= 15 is 0 Å². The van der Waals surface area contributed by atoms with Crippen molar-refractivity contribution in [2.24, 2.45) is 0 Å². The Morgan fingerprint density at radius 3 is 2.75 bits per heavy atom. The fourth-order valence-electron chi connectivity index (χ4n) is 2.16. The normalized spacial score (nSPS) is 12.8. The number of methoxy groups -OCH3 is 1. The molecule has 1 heterocycles. The lowest BCUT2D eigenvalue weighted by Crippen LogP contribution is -2.17. The lowest BCUT2D eigenvalue weighted by Gasteiger charge is -2.15. The summed E-state index contributed by atoms with van der Waals surface area (Å²) in [6, 6.07) is 8.62. The molecule has 108 valence electrons. The van der Waals surface area contributed by atoms with Gasteiger partial charge < -0.3 is 10.1 Å². The molecule has 1 unspecified atom stereocenters. The summed E-state index contributed by atoms with van der Waals surface area (Å²) in [6.45, 7) is 4.98. The molecule has 1 N–H and O–H groups in total. The standard InChI is InChI=1S/C16H22N2OS/c1-11(2)14-10-20-16(18-14)15(17-3)13-7-5-6-12(8-13)9-19-4/h5-8,10-11,15,17H,9H2,1-4H3. The van der Waals surface area contributed by atoms with Crippen molar-refractivity contribution in [3.05, 3.63) is 51.5 Å². The highest BCUT2D eigenvalue weighted by molar-refractivity contribution is 7.09. The van der Waals surface area contributed by atoms with Gasteiger partial charge >= 0.3 is 0 Å². The summed E-state index contributed by atoms with van der Waals surface area (Å²) in [5.74, 6) is 0.470. The van der Waals surface area contributed by atoms with Gasteiger partial charge in [-0.25, -0.2) is 4.98 Å². The van der Waals surface area contributed by atoms with Crippen molar-refractivity contribution >= 4 is 11.3 Å². The Kier molecular flexibility index (Phi) is 5.29. The first kappa shape index (κ1) is 15.2. The second-order valence-corrected chi connectivity index (χ2v) is 6.05. The third kappa shape index (κ3) is 3.45. The first-order chi connectivity index (χ1) is 9.65. The first-order valence-corrected chi connectivity index (χ1v) is 7.74. The molecule has 1 aromatic heterocycles. The van der Waals surface area contributed by atoms with Crippen LogP contribution in [0, 0.1) is 0 Å². The van der Waals surface area contributed by atoms with Gasteiger partial charge in [0.2, 0.25) is 0 Å². The van der Waals surface area contributed by atoms with E-state index in [1.165, 1.54) is 16.8 Å². The number of nitrogens with zero attached hydrogens (tertiary/aromatic N) is 1. The maximum absolute atomic E-state index is 5.20. The predicted molar refractivity (Wildman–Crippen MR) is 84.3 cm³/mol. The Labute approximate surface area is 125 Å². The second kappa shape index (κ2) is 6.97. The molecule has 0 saturated carbocycles. The molecule has 0 saturated heterocycles. The summed E-state index contributed by atoms with van der Waals surface area (Å²) in [6.07, 6.45) is 0. The Hall–Kier alpha value is -1.23. The monoisotopic (exact) mass is 290 g/mol. The molecule has 1 atom stereocenters. The molecule has 0 amide bonds. The number of thiazole rings is 1. The third-order valence-corrected chi connectivity index (χ3v) is 4.19. The molecular formula is C16H22N2OS. The number of nitrogens with one attached hydrogen (secondary N) is 1. The molecule has 4 heteroatoms. The van der Waals surface area contributed by atoms with Crippen LogP contribution in [0.4, 0.5) is 0 Å². The van der Waals surface area contributed by atoms with E-state index in [1.54, 1.807) is 18.4 Å². The van der Waals surface area contributed by atoms with E-state index in [0.717, 1.165) is 5.01 Å². The summed E-state index contributed by atoms with van der Waals surface area (Å²) in [7, 11) is 3.70. The molecule has 20 heavy (non-hydrogen) atoms. The van der Waals surface area contributed by atoms with Crippen LogP contribution < -0.4 is 5.32 Å². The van der Waals surface area contributed by atoms with Crippen molar-refractivity contribution < 1.29 is 4.74 Å². The van der Waals surface area contributed by atoms with Crippen LogP contribution in [0.25, 0.3) is 0 Å². The molecule has 2 rings (SSSR count). The van der Waals surface area contributed by atoms with Gasteiger partial charge in [0, 0.05) is 12.5 Å². The Bertz CT molecular complexity index is 551. The quantitative estimate of drug-likeness (QED) is 0.880. The number of ether oxygens (including phenoxy) is 1. The molecule has 0 aliphatic carbocycles. The Balaban J connectivity index is 2.28. The average Bonchev–Trinajstić information content (AvgIpc) is 2.90. The van der Waals surface area contributed by atoms with E-state index in [1.807, 2.05) is 7.05 Å². The number of hydrogen-bond donors (Lipinski definition) is 1. The molecule has 0 fully saturated rings. The molecular weight excluding hydrogens is 268 g/mol. The van der Waals surface area contributed by atoms with Crippen LogP contribution in [0.2, 0.25) is 0 Å². The molecule has 0 spiro atoms. The van der Waals surface area contributed by atoms with E-state index in [9.17, 15) is 0 Å². The van der Waals surface area contributed by atoms with Crippen LogP contribution in [-0.4, -0.2) is 19.1 Å². The fourth-order valence-corrected chi connectivity index (χ4v) is 3.27. The van der Waals surface area contributed by atoms with Gasteiger partial charge in [0.15, 0.2) is 0 Å². The number of rotatable bonds is 6. The van der Waals surface area contributed by atoms with E-state index in [0.29, 0.717) is 12.5 Å². The van der Waals surface area contributed by atoms with Crippen LogP contribution in [0.15, 0.2) is 29.6 Å². The van der Waals surface area contributed by atoms with E-state index in [-0.39, 0.29) is 6.04 Å². The van der Waals surface area contributed by atoms with Crippen molar-refractivity contribution in [2.75, 3.05) is 14.2 Å². The maximum Gasteiger partial charge on any atom is 0.114 e. The topological polar surface area (TPSA) is 34.1 Å². The van der Waals surface area contributed by atoms with Crippen molar-refractivity contribution in [2.45, 2.75) is 32.4 Å². The smallest absolute Gasteiger partial charge is 0.114 e. The van der Waals surface area contributed by atoms with Gasteiger partial charge in [0.05, 0.1) is 18.3 Å². The van der Waals surface area contributed by atoms with Gasteiger partial charge in [-0.2, -0.15) is 0 Å². The zero-order valence-corrected chi connectivity index (χ0v) is 13.3. The van der Waals surface area contributed by atoms with Crippen LogP contribution in [0.5, 0.6) is 0 Å². The van der Waals surface area contributed by atoms with Crippen molar-refractivity contribution in [1.29, 1.82) is 0 Å². The van der Waals surface area contributed by atoms with E-state index in [4.69, 9.17) is 9.72 Å². The van der Waals surface area contributed by atoms with Gasteiger partial charge in [-0.05, 0) is 24.1 Å². The maximum atomic E-state index is 5.20. The van der Waals surface area contributed by atoms with E-state index < -0.39 is 0 Å². The Morgan fingerprint density at radius 1 is 1.35 bits per heavy atom. The highest BCUT2D eigenvalue weighted by atomic mass is 32.1. The fraction of sp³-hybridized carbons (Fsp3) is 0.438. The van der Waals surface area contributed by atoms with Crippen LogP contribution >= 0.6 is 11.3 Å². The molecule has 2 aromatic rings. The summed E-state index contributed by atoms with van der Waals surface area (Å²) >= 11 is 1.72. The molecule has 3 nitrogen and oxygen atoms in total. The molecule has 0 bridgehead atoms. The average molecular weight is 290 g/mol. The highest BCUT2D eigenvalue weighted by Gasteiger charge is 2.17. The summed E-state index contributed by atoms with van der Waals surface area (Å²) in [4.78, 5) is 4.76. The van der Waals surface area contributed by atoms with Crippen LogP contribution in [-0.2, 0) is 11.3 Å². The number of aromatic nitrogens is 1. The lowest BCUT2D eigenvalue weighted by molar-refractivity contribution is 0.185. The minimum Gasteiger partial charge on any atom is -0.380 e.